The van der Waals surface area contributed by atoms with Crippen LogP contribution >= 0.6 is 0 Å². The average molecular weight is 395 g/mol. The topological polar surface area (TPSA) is 67.4 Å². The first kappa shape index (κ1) is 20.9. The van der Waals surface area contributed by atoms with E-state index < -0.39 is 5.41 Å². The van der Waals surface area contributed by atoms with Crippen molar-refractivity contribution < 1.29 is 14.3 Å². The van der Waals surface area contributed by atoms with Crippen molar-refractivity contribution >= 4 is 17.5 Å². The van der Waals surface area contributed by atoms with Crippen LogP contribution in [-0.2, 0) is 20.4 Å². The molecule has 2 amide bonds. The summed E-state index contributed by atoms with van der Waals surface area (Å²) in [5, 5.41) is 5.62. The Morgan fingerprint density at radius 2 is 1.72 bits per heavy atom. The van der Waals surface area contributed by atoms with E-state index >= 15 is 0 Å². The summed E-state index contributed by atoms with van der Waals surface area (Å²) in [6, 6.07) is 13.9. The molecule has 0 saturated heterocycles. The lowest BCUT2D eigenvalue weighted by atomic mass is 9.85. The average Bonchev–Trinajstić information content (AvgIpc) is 3.48. The second kappa shape index (κ2) is 7.90. The number of hydrogen-bond acceptors (Lipinski definition) is 3. The van der Waals surface area contributed by atoms with Crippen LogP contribution in [0.15, 0.2) is 42.5 Å². The maximum absolute atomic E-state index is 12.8. The van der Waals surface area contributed by atoms with Crippen LogP contribution < -0.4 is 15.4 Å². The number of hydrogen-bond donors (Lipinski definition) is 2. The second-order valence-electron chi connectivity index (χ2n) is 8.84. The summed E-state index contributed by atoms with van der Waals surface area (Å²) in [7, 11) is 1.56. The molecule has 1 fully saturated rings. The Morgan fingerprint density at radius 1 is 1.07 bits per heavy atom. The number of aryl methyl sites for hydroxylation is 1. The van der Waals surface area contributed by atoms with Crippen LogP contribution in [0.5, 0.6) is 5.75 Å². The van der Waals surface area contributed by atoms with E-state index in [1.807, 2.05) is 37.3 Å². The Balaban J connectivity index is 1.62. The zero-order chi connectivity index (χ0) is 21.2. The van der Waals surface area contributed by atoms with Crippen LogP contribution in [0.25, 0.3) is 0 Å². The van der Waals surface area contributed by atoms with Gasteiger partial charge in [0.25, 0.3) is 0 Å². The highest BCUT2D eigenvalue weighted by Crippen LogP contribution is 2.48. The minimum absolute atomic E-state index is 0.0717. The van der Waals surface area contributed by atoms with Gasteiger partial charge in [-0.05, 0) is 54.0 Å². The van der Waals surface area contributed by atoms with Gasteiger partial charge in [0.2, 0.25) is 11.8 Å². The highest BCUT2D eigenvalue weighted by molar-refractivity contribution is 5.98. The number of anilines is 1. The molecule has 0 atom stereocenters. The van der Waals surface area contributed by atoms with E-state index in [4.69, 9.17) is 4.74 Å². The van der Waals surface area contributed by atoms with Gasteiger partial charge in [-0.3, -0.25) is 9.59 Å². The van der Waals surface area contributed by atoms with Crippen molar-refractivity contribution in [3.63, 3.8) is 0 Å². The van der Waals surface area contributed by atoms with E-state index in [0.29, 0.717) is 11.4 Å². The molecule has 2 N–H and O–H groups in total. The third-order valence-electron chi connectivity index (χ3n) is 5.53. The SMILES string of the molecule is COc1ccc(C)cc1NC(=O)CNC(=O)C1(c2ccc(C(C)(C)C)cc2)CC1. The maximum atomic E-state index is 12.8. The van der Waals surface area contributed by atoms with E-state index in [-0.39, 0.29) is 23.8 Å². The molecule has 0 radical (unpaired) electrons. The summed E-state index contributed by atoms with van der Waals surface area (Å²) < 4.78 is 5.28. The normalized spacial score (nSPS) is 14.8. The van der Waals surface area contributed by atoms with Gasteiger partial charge in [0, 0.05) is 0 Å². The molecule has 5 heteroatoms. The van der Waals surface area contributed by atoms with Crippen LogP contribution in [0.3, 0.4) is 0 Å². The number of ether oxygens (including phenoxy) is 1. The predicted molar refractivity (Wildman–Crippen MR) is 115 cm³/mol. The summed E-state index contributed by atoms with van der Waals surface area (Å²) >= 11 is 0. The third-order valence-corrected chi connectivity index (χ3v) is 5.53. The Bertz CT molecular complexity index is 907. The Labute approximate surface area is 172 Å². The Morgan fingerprint density at radius 3 is 2.28 bits per heavy atom. The van der Waals surface area contributed by atoms with E-state index in [9.17, 15) is 9.59 Å². The van der Waals surface area contributed by atoms with Gasteiger partial charge in [0.1, 0.15) is 5.75 Å². The van der Waals surface area contributed by atoms with Gasteiger partial charge in [-0.1, -0.05) is 51.1 Å². The second-order valence-corrected chi connectivity index (χ2v) is 8.84. The molecule has 1 saturated carbocycles. The summed E-state index contributed by atoms with van der Waals surface area (Å²) in [5.74, 6) is 0.223. The van der Waals surface area contributed by atoms with Gasteiger partial charge in [-0.25, -0.2) is 0 Å². The molecule has 3 rings (SSSR count). The quantitative estimate of drug-likeness (QED) is 0.776. The summed E-state index contributed by atoms with van der Waals surface area (Å²) in [4.78, 5) is 25.2. The molecule has 0 bridgehead atoms. The molecule has 2 aromatic rings. The summed E-state index contributed by atoms with van der Waals surface area (Å²) in [5.41, 5.74) is 3.45. The van der Waals surface area contributed by atoms with Crippen LogP contribution in [0.1, 0.15) is 50.3 Å². The van der Waals surface area contributed by atoms with Crippen molar-refractivity contribution in [1.29, 1.82) is 0 Å². The van der Waals surface area contributed by atoms with Crippen LogP contribution in [-0.4, -0.2) is 25.5 Å². The van der Waals surface area contributed by atoms with E-state index in [1.54, 1.807) is 7.11 Å². The smallest absolute Gasteiger partial charge is 0.243 e. The molecule has 0 aromatic heterocycles. The van der Waals surface area contributed by atoms with Gasteiger partial charge < -0.3 is 15.4 Å². The molecule has 1 aliphatic carbocycles. The largest absolute Gasteiger partial charge is 0.495 e. The number of benzene rings is 2. The van der Waals surface area contributed by atoms with Crippen molar-refractivity contribution in [2.45, 2.75) is 51.4 Å². The molecular formula is C24H30N2O3. The minimum atomic E-state index is -0.502. The molecule has 0 aliphatic heterocycles. The van der Waals surface area contributed by atoms with Crippen molar-refractivity contribution in [2.24, 2.45) is 0 Å². The number of nitrogens with one attached hydrogen (secondary N) is 2. The van der Waals surface area contributed by atoms with Crippen molar-refractivity contribution in [1.82, 2.24) is 5.32 Å². The molecular weight excluding hydrogens is 364 g/mol. The van der Waals surface area contributed by atoms with Crippen molar-refractivity contribution in [2.75, 3.05) is 19.0 Å². The lowest BCUT2D eigenvalue weighted by molar-refractivity contribution is -0.126. The lowest BCUT2D eigenvalue weighted by Gasteiger charge is -2.21. The number of carbonyl (C=O) groups excluding carboxylic acids is 2. The highest BCUT2D eigenvalue weighted by atomic mass is 16.5. The number of rotatable bonds is 6. The molecule has 154 valence electrons. The fourth-order valence-electron chi connectivity index (χ4n) is 3.50. The van der Waals surface area contributed by atoms with Gasteiger partial charge >= 0.3 is 0 Å². The molecule has 2 aromatic carbocycles. The Hall–Kier alpha value is -2.82. The van der Waals surface area contributed by atoms with Gasteiger partial charge in [0.05, 0.1) is 24.8 Å². The van der Waals surface area contributed by atoms with E-state index in [2.05, 4.69) is 43.5 Å². The monoisotopic (exact) mass is 394 g/mol. The first-order valence-electron chi connectivity index (χ1n) is 9.99. The van der Waals surface area contributed by atoms with Crippen LogP contribution in [0.2, 0.25) is 0 Å². The van der Waals surface area contributed by atoms with Gasteiger partial charge in [0.15, 0.2) is 0 Å². The Kier molecular flexibility index (Phi) is 5.69. The third kappa shape index (κ3) is 4.61. The number of carbonyl (C=O) groups is 2. The number of amides is 2. The molecule has 0 spiro atoms. The van der Waals surface area contributed by atoms with Crippen LogP contribution in [0.4, 0.5) is 5.69 Å². The molecule has 0 heterocycles. The predicted octanol–water partition coefficient (Wildman–Crippen LogP) is 4.09. The van der Waals surface area contributed by atoms with Gasteiger partial charge in [-0.2, -0.15) is 0 Å². The molecule has 29 heavy (non-hydrogen) atoms. The lowest BCUT2D eigenvalue weighted by Crippen LogP contribution is -2.39. The fraction of sp³-hybridized carbons (Fsp3) is 0.417. The summed E-state index contributed by atoms with van der Waals surface area (Å²) in [6.45, 7) is 8.38. The van der Waals surface area contributed by atoms with Crippen LogP contribution in [0, 0.1) is 6.92 Å². The zero-order valence-electron chi connectivity index (χ0n) is 17.9. The van der Waals surface area contributed by atoms with Crippen molar-refractivity contribution in [3.05, 3.63) is 59.2 Å². The standard InChI is InChI=1S/C24H30N2O3/c1-16-6-11-20(29-5)19(14-16)26-21(27)15-25-22(28)24(12-13-24)18-9-7-17(8-10-18)23(2,3)4/h6-11,14H,12-13,15H2,1-5H3,(H,25,28)(H,26,27). The minimum Gasteiger partial charge on any atom is -0.495 e. The molecule has 1 aliphatic rings. The van der Waals surface area contributed by atoms with E-state index in [0.717, 1.165) is 24.0 Å². The van der Waals surface area contributed by atoms with Crippen molar-refractivity contribution in [3.8, 4) is 5.75 Å². The molecule has 5 nitrogen and oxygen atoms in total. The first-order valence-corrected chi connectivity index (χ1v) is 9.99. The van der Waals surface area contributed by atoms with E-state index in [1.165, 1.54) is 5.56 Å². The highest BCUT2D eigenvalue weighted by Gasteiger charge is 2.51. The first-order chi connectivity index (χ1) is 13.7. The molecule has 0 unspecified atom stereocenters. The maximum Gasteiger partial charge on any atom is 0.243 e. The fourth-order valence-corrected chi connectivity index (χ4v) is 3.50. The summed E-state index contributed by atoms with van der Waals surface area (Å²) in [6.07, 6.45) is 1.61. The zero-order valence-corrected chi connectivity index (χ0v) is 17.9. The number of methoxy groups -OCH3 is 1. The van der Waals surface area contributed by atoms with Gasteiger partial charge in [-0.15, -0.1) is 0 Å².